The van der Waals surface area contributed by atoms with E-state index in [-0.39, 0.29) is 23.5 Å². The number of halogens is 9. The average molecular weight is 760 g/mol. The number of Topliss-reactive ketones (excluding diaryl/α,β-unsaturated/α-hetero) is 1. The van der Waals surface area contributed by atoms with Gasteiger partial charge in [-0.1, -0.05) is 18.2 Å². The number of carbonyl (C=O) groups excluding carboxylic acids is 1. The molecule has 0 saturated carbocycles. The summed E-state index contributed by atoms with van der Waals surface area (Å²) in [5.74, 6) is -0.0685. The number of sulfonamides is 2. The van der Waals surface area contributed by atoms with Crippen LogP contribution in [0.15, 0.2) is 77.7 Å². The van der Waals surface area contributed by atoms with Crippen LogP contribution in [-0.2, 0) is 30.2 Å². The number of alkyl halides is 9. The van der Waals surface area contributed by atoms with Gasteiger partial charge in [-0.05, 0) is 36.4 Å². The van der Waals surface area contributed by atoms with Gasteiger partial charge in [0.15, 0.2) is 12.4 Å². The second-order valence-electron chi connectivity index (χ2n) is 8.44. The van der Waals surface area contributed by atoms with E-state index in [4.69, 9.17) is 9.15 Å². The molecule has 0 saturated heterocycles. The summed E-state index contributed by atoms with van der Waals surface area (Å²) in [6, 6.07) is 10.0. The molecule has 0 unspecified atom stereocenters. The van der Waals surface area contributed by atoms with E-state index in [1.54, 1.807) is 18.3 Å². The largest absolute Gasteiger partial charge is 0.534 e. The molecule has 48 heavy (non-hydrogen) atoms. The molecule has 0 atom stereocenters. The van der Waals surface area contributed by atoms with E-state index in [2.05, 4.69) is 14.2 Å². The number of anilines is 1. The number of hydrogen-bond donors (Lipinski definition) is 0. The van der Waals surface area contributed by atoms with E-state index in [1.165, 1.54) is 18.3 Å². The molecule has 4 aromatic rings. The molecule has 5 rings (SSSR count). The summed E-state index contributed by atoms with van der Waals surface area (Å²) in [6.07, 6.45) is 3.70. The number of fused-ring (bicyclic) bond motifs is 2. The number of ketones is 1. The molecule has 1 aliphatic heterocycles. The monoisotopic (exact) mass is 759 g/mol. The molecular weight excluding hydrogens is 745 g/mol. The van der Waals surface area contributed by atoms with Crippen molar-refractivity contribution < 1.29 is 82.9 Å². The molecule has 1 aliphatic rings. The summed E-state index contributed by atoms with van der Waals surface area (Å²) in [6.45, 7) is 0.145. The first-order chi connectivity index (χ1) is 21.9. The van der Waals surface area contributed by atoms with Crippen LogP contribution in [0.2, 0.25) is 0 Å². The summed E-state index contributed by atoms with van der Waals surface area (Å²) in [5, 5.41) is 0.0420. The van der Waals surface area contributed by atoms with Gasteiger partial charge in [0.2, 0.25) is 17.4 Å². The van der Waals surface area contributed by atoms with Crippen molar-refractivity contribution in [2.24, 2.45) is 0 Å². The van der Waals surface area contributed by atoms with Gasteiger partial charge in [0, 0.05) is 12.4 Å². The van der Waals surface area contributed by atoms with Gasteiger partial charge >= 0.3 is 46.7 Å². The first-order valence-corrected chi connectivity index (χ1v) is 16.1. The van der Waals surface area contributed by atoms with Crippen molar-refractivity contribution in [2.75, 3.05) is 10.3 Å². The van der Waals surface area contributed by atoms with E-state index in [0.717, 1.165) is 24.5 Å². The number of furan rings is 1. The molecule has 262 valence electrons. The van der Waals surface area contributed by atoms with Crippen molar-refractivity contribution >= 4 is 52.7 Å². The van der Waals surface area contributed by atoms with Gasteiger partial charge < -0.3 is 13.3 Å². The van der Waals surface area contributed by atoms with Crippen molar-refractivity contribution in [1.82, 2.24) is 9.97 Å². The SMILES string of the molecule is O=C1COc2ncccc21.O=S(=O)(N(c1ccccc1)S(=O)(=O)C(F)(F)F)C(F)(F)F.O=S(=O)(Oc1coc2ncccc12)C(F)(F)F. The number of ether oxygens (including phenoxy) is 1. The molecular formula is C23H14F9N3O10S3. The Labute approximate surface area is 262 Å². The first kappa shape index (κ1) is 37.8. The van der Waals surface area contributed by atoms with E-state index >= 15 is 0 Å². The Morgan fingerprint density at radius 1 is 0.708 bits per heavy atom. The van der Waals surface area contributed by atoms with E-state index in [1.807, 2.05) is 0 Å². The lowest BCUT2D eigenvalue weighted by atomic mass is 10.2. The Morgan fingerprint density at radius 2 is 1.25 bits per heavy atom. The fraction of sp³-hybridized carbons (Fsp3) is 0.174. The van der Waals surface area contributed by atoms with Crippen LogP contribution < -0.4 is 12.6 Å². The third kappa shape index (κ3) is 8.07. The summed E-state index contributed by atoms with van der Waals surface area (Å²) < 4.78 is 189. The maximum atomic E-state index is 12.4. The van der Waals surface area contributed by atoms with Crippen LogP contribution in [0.1, 0.15) is 10.4 Å². The molecule has 13 nitrogen and oxygen atoms in total. The molecule has 0 amide bonds. The van der Waals surface area contributed by atoms with Crippen LogP contribution in [0, 0.1) is 0 Å². The Balaban J connectivity index is 0.000000206. The Bertz CT molecular complexity index is 2060. The maximum absolute atomic E-state index is 12.4. The topological polar surface area (TPSA) is 180 Å². The minimum absolute atomic E-state index is 0.0140. The third-order valence-corrected chi connectivity index (χ3v) is 9.81. The molecule has 1 aromatic carbocycles. The van der Waals surface area contributed by atoms with E-state index in [9.17, 15) is 69.6 Å². The average Bonchev–Trinajstić information content (AvgIpc) is 3.55. The molecule has 0 radical (unpaired) electrons. The number of nitrogens with zero attached hydrogens (tertiary/aromatic N) is 3. The standard InChI is InChI=1S/C8H5F6NO4S2.C8H4F3NO4S.C7H5NO2/c9-7(10,11)20(16,17)15(6-4-2-1-3-5-6)21(18,19)8(12,13)14;9-8(10,11)17(13,14)16-6-4-15-7-5(6)2-1-3-12-7;9-6-4-10-7-5(6)2-1-3-8-7/h1-5H;1-4H;1-3H,4H2. The van der Waals surface area contributed by atoms with E-state index in [0.29, 0.717) is 23.6 Å². The molecule has 0 aliphatic carbocycles. The summed E-state index contributed by atoms with van der Waals surface area (Å²) in [5.41, 5.74) is -18.7. The number of pyridine rings is 2. The molecule has 0 bridgehead atoms. The van der Waals surface area contributed by atoms with Crippen LogP contribution in [0.5, 0.6) is 11.6 Å². The normalized spacial score (nSPS) is 13.7. The fourth-order valence-electron chi connectivity index (χ4n) is 3.15. The second-order valence-corrected chi connectivity index (χ2v) is 13.8. The smallest absolute Gasteiger partial charge is 0.469 e. The van der Waals surface area contributed by atoms with Crippen LogP contribution >= 0.6 is 0 Å². The highest BCUT2D eigenvalue weighted by Crippen LogP contribution is 2.38. The number of benzene rings is 1. The van der Waals surface area contributed by atoms with Crippen LogP contribution in [0.4, 0.5) is 45.2 Å². The quantitative estimate of drug-likeness (QED) is 0.153. The summed E-state index contributed by atoms with van der Waals surface area (Å²) in [7, 11) is -19.3. The maximum Gasteiger partial charge on any atom is 0.534 e. The molecule has 25 heteroatoms. The second kappa shape index (κ2) is 13.5. The Hall–Kier alpha value is -4.65. The van der Waals surface area contributed by atoms with Crippen molar-refractivity contribution in [3.63, 3.8) is 0 Å². The van der Waals surface area contributed by atoms with Crippen molar-refractivity contribution in [1.29, 1.82) is 0 Å². The minimum atomic E-state index is -6.81. The summed E-state index contributed by atoms with van der Waals surface area (Å²) >= 11 is 0. The van der Waals surface area contributed by atoms with Crippen LogP contribution in [0.25, 0.3) is 11.1 Å². The van der Waals surface area contributed by atoms with Crippen LogP contribution in [-0.4, -0.2) is 64.1 Å². The number of carbonyl (C=O) groups is 1. The van der Waals surface area contributed by atoms with Gasteiger partial charge in [0.05, 0.1) is 16.6 Å². The molecule has 0 fully saturated rings. The molecule has 4 heterocycles. The molecule has 0 spiro atoms. The number of hydrogen-bond acceptors (Lipinski definition) is 12. The third-order valence-electron chi connectivity index (χ3n) is 5.20. The lowest BCUT2D eigenvalue weighted by Gasteiger charge is -2.25. The predicted molar refractivity (Wildman–Crippen MR) is 143 cm³/mol. The molecule has 0 N–H and O–H groups in total. The lowest BCUT2D eigenvalue weighted by molar-refractivity contribution is -0.0501. The highest BCUT2D eigenvalue weighted by molar-refractivity contribution is 8.11. The van der Waals surface area contributed by atoms with Gasteiger partial charge in [-0.3, -0.25) is 4.79 Å². The van der Waals surface area contributed by atoms with Gasteiger partial charge in [0.1, 0.15) is 6.26 Å². The van der Waals surface area contributed by atoms with Gasteiger partial charge in [0.25, 0.3) is 0 Å². The minimum Gasteiger partial charge on any atom is -0.469 e. The predicted octanol–water partition coefficient (Wildman–Crippen LogP) is 4.91. The lowest BCUT2D eigenvalue weighted by Crippen LogP contribution is -2.49. The zero-order valence-corrected chi connectivity index (χ0v) is 25.1. The Morgan fingerprint density at radius 3 is 1.77 bits per heavy atom. The summed E-state index contributed by atoms with van der Waals surface area (Å²) in [4.78, 5) is 18.4. The van der Waals surface area contributed by atoms with Gasteiger partial charge in [-0.15, -0.1) is 3.71 Å². The number of rotatable bonds is 5. The zero-order chi connectivity index (χ0) is 36.3. The van der Waals surface area contributed by atoms with Crippen molar-refractivity contribution in [3.8, 4) is 11.6 Å². The highest BCUT2D eigenvalue weighted by atomic mass is 32.3. The number of aromatic nitrogens is 2. The van der Waals surface area contributed by atoms with Gasteiger partial charge in [-0.2, -0.15) is 64.8 Å². The van der Waals surface area contributed by atoms with Gasteiger partial charge in [-0.25, -0.2) is 9.97 Å². The fourth-order valence-corrected chi connectivity index (χ4v) is 6.32. The van der Waals surface area contributed by atoms with Crippen LogP contribution in [0.3, 0.4) is 0 Å². The Kier molecular flexibility index (Phi) is 10.6. The number of para-hydroxylation sites is 1. The first-order valence-electron chi connectivity index (χ1n) is 11.8. The van der Waals surface area contributed by atoms with Crippen molar-refractivity contribution in [3.05, 3.63) is 78.8 Å². The van der Waals surface area contributed by atoms with E-state index < -0.39 is 61.8 Å². The molecule has 3 aromatic heterocycles. The van der Waals surface area contributed by atoms with Crippen molar-refractivity contribution in [2.45, 2.75) is 16.5 Å². The zero-order valence-electron chi connectivity index (χ0n) is 22.7. The highest BCUT2D eigenvalue weighted by Gasteiger charge is 2.61.